The monoisotopic (exact) mass is 268 g/mol. The van der Waals surface area contributed by atoms with E-state index >= 15 is 0 Å². The van der Waals surface area contributed by atoms with Gasteiger partial charge in [-0.2, -0.15) is 0 Å². The van der Waals surface area contributed by atoms with E-state index in [2.05, 4.69) is 4.98 Å². The van der Waals surface area contributed by atoms with Crippen molar-refractivity contribution in [2.75, 3.05) is 19.9 Å². The summed E-state index contributed by atoms with van der Waals surface area (Å²) < 4.78 is 2.05. The number of aromatic nitrogens is 1. The second kappa shape index (κ2) is 5.48. The van der Waals surface area contributed by atoms with Crippen LogP contribution in [-0.2, 0) is 9.63 Å². The molecule has 1 heterocycles. The van der Waals surface area contributed by atoms with E-state index in [0.29, 0.717) is 5.75 Å². The number of rotatable bonds is 4. The van der Waals surface area contributed by atoms with Gasteiger partial charge in [-0.3, -0.25) is 9.63 Å². The lowest BCUT2D eigenvalue weighted by Gasteiger charge is -2.12. The van der Waals surface area contributed by atoms with Crippen LogP contribution in [0.25, 0.3) is 10.2 Å². The Balaban J connectivity index is 2.02. The van der Waals surface area contributed by atoms with Crippen LogP contribution in [0.2, 0.25) is 0 Å². The van der Waals surface area contributed by atoms with Gasteiger partial charge in [0.25, 0.3) is 5.91 Å². The van der Waals surface area contributed by atoms with E-state index in [1.165, 1.54) is 23.9 Å². The fourth-order valence-corrected chi connectivity index (χ4v) is 3.20. The summed E-state index contributed by atoms with van der Waals surface area (Å²) in [5, 5.41) is 1.22. The standard InChI is InChI=1S/C11H12N2O2S2/c1-13(15-2)10(14)7-16-11-12-8-5-3-4-6-9(8)17-11/h3-6H,7H2,1-2H3. The Hall–Kier alpha value is -1.11. The molecule has 0 saturated heterocycles. The molecule has 0 N–H and O–H groups in total. The van der Waals surface area contributed by atoms with Crippen molar-refractivity contribution in [1.29, 1.82) is 0 Å². The highest BCUT2D eigenvalue weighted by Gasteiger charge is 2.10. The number of hydrogen-bond acceptors (Lipinski definition) is 5. The quantitative estimate of drug-likeness (QED) is 0.631. The third-order valence-corrected chi connectivity index (χ3v) is 4.38. The molecule has 0 fully saturated rings. The van der Waals surface area contributed by atoms with E-state index in [9.17, 15) is 4.79 Å². The van der Waals surface area contributed by atoms with Gasteiger partial charge in [-0.25, -0.2) is 10.0 Å². The van der Waals surface area contributed by atoms with Crippen molar-refractivity contribution in [1.82, 2.24) is 10.0 Å². The molecular formula is C11H12N2O2S2. The molecule has 0 spiro atoms. The van der Waals surface area contributed by atoms with E-state index in [-0.39, 0.29) is 5.91 Å². The summed E-state index contributed by atoms with van der Waals surface area (Å²) in [5.74, 6) is 0.265. The fraction of sp³-hybridized carbons (Fsp3) is 0.273. The van der Waals surface area contributed by atoms with Gasteiger partial charge in [-0.1, -0.05) is 23.9 Å². The molecule has 90 valence electrons. The molecule has 0 aliphatic rings. The van der Waals surface area contributed by atoms with Gasteiger partial charge in [0.1, 0.15) is 0 Å². The maximum absolute atomic E-state index is 11.5. The molecule has 17 heavy (non-hydrogen) atoms. The molecule has 2 aromatic rings. The topological polar surface area (TPSA) is 42.4 Å². The Morgan fingerprint density at radius 1 is 1.53 bits per heavy atom. The van der Waals surface area contributed by atoms with Crippen LogP contribution in [0.1, 0.15) is 0 Å². The first-order valence-corrected chi connectivity index (χ1v) is 6.80. The minimum absolute atomic E-state index is 0.0724. The third-order valence-electron chi connectivity index (χ3n) is 2.22. The predicted molar refractivity (Wildman–Crippen MR) is 70.1 cm³/mol. The first-order valence-electron chi connectivity index (χ1n) is 4.99. The molecule has 0 radical (unpaired) electrons. The Morgan fingerprint density at radius 3 is 3.00 bits per heavy atom. The lowest BCUT2D eigenvalue weighted by atomic mass is 10.3. The zero-order chi connectivity index (χ0) is 12.3. The average molecular weight is 268 g/mol. The summed E-state index contributed by atoms with van der Waals surface area (Å²) >= 11 is 3.03. The highest BCUT2D eigenvalue weighted by Crippen LogP contribution is 2.29. The van der Waals surface area contributed by atoms with Crippen molar-refractivity contribution < 1.29 is 9.63 Å². The van der Waals surface area contributed by atoms with Crippen LogP contribution in [0.3, 0.4) is 0 Å². The number of hydroxylamine groups is 2. The van der Waals surface area contributed by atoms with Gasteiger partial charge >= 0.3 is 0 Å². The van der Waals surface area contributed by atoms with Crippen LogP contribution in [0, 0.1) is 0 Å². The molecule has 0 aliphatic carbocycles. The van der Waals surface area contributed by atoms with Crippen LogP contribution in [0.4, 0.5) is 0 Å². The SMILES string of the molecule is CON(C)C(=O)CSc1nc2ccccc2s1. The summed E-state index contributed by atoms with van der Waals surface area (Å²) in [4.78, 5) is 20.8. The number of fused-ring (bicyclic) bond motifs is 1. The highest BCUT2D eigenvalue weighted by atomic mass is 32.2. The van der Waals surface area contributed by atoms with Crippen LogP contribution in [0.15, 0.2) is 28.6 Å². The number of carbonyl (C=O) groups excluding carboxylic acids is 1. The maximum Gasteiger partial charge on any atom is 0.256 e. The van der Waals surface area contributed by atoms with Gasteiger partial charge in [-0.15, -0.1) is 11.3 Å². The van der Waals surface area contributed by atoms with Gasteiger partial charge < -0.3 is 0 Å². The van der Waals surface area contributed by atoms with Gasteiger partial charge in [0.2, 0.25) is 0 Å². The Bertz CT molecular complexity index is 494. The van der Waals surface area contributed by atoms with Crippen LogP contribution in [-0.4, -0.2) is 35.9 Å². The molecule has 1 aromatic carbocycles. The zero-order valence-electron chi connectivity index (χ0n) is 9.54. The molecule has 1 aromatic heterocycles. The molecule has 0 unspecified atom stereocenters. The lowest BCUT2D eigenvalue weighted by Crippen LogP contribution is -2.26. The number of para-hydroxylation sites is 1. The summed E-state index contributed by atoms with van der Waals surface area (Å²) in [6.07, 6.45) is 0. The molecule has 0 bridgehead atoms. The number of thiazole rings is 1. The van der Waals surface area contributed by atoms with Crippen molar-refractivity contribution in [3.05, 3.63) is 24.3 Å². The van der Waals surface area contributed by atoms with E-state index in [4.69, 9.17) is 4.84 Å². The largest absolute Gasteiger partial charge is 0.275 e. The second-order valence-corrected chi connectivity index (χ2v) is 5.56. The molecule has 2 rings (SSSR count). The smallest absolute Gasteiger partial charge is 0.256 e. The van der Waals surface area contributed by atoms with E-state index in [1.54, 1.807) is 18.4 Å². The molecular weight excluding hydrogens is 256 g/mol. The van der Waals surface area contributed by atoms with Crippen molar-refractivity contribution in [2.24, 2.45) is 0 Å². The summed E-state index contributed by atoms with van der Waals surface area (Å²) in [5.41, 5.74) is 0.979. The molecule has 6 heteroatoms. The first kappa shape index (κ1) is 12.3. The maximum atomic E-state index is 11.5. The van der Waals surface area contributed by atoms with Crippen molar-refractivity contribution in [3.8, 4) is 0 Å². The van der Waals surface area contributed by atoms with Gasteiger partial charge in [0, 0.05) is 7.05 Å². The van der Waals surface area contributed by atoms with Crippen molar-refractivity contribution in [3.63, 3.8) is 0 Å². The number of carbonyl (C=O) groups is 1. The number of nitrogens with zero attached hydrogens (tertiary/aromatic N) is 2. The minimum Gasteiger partial charge on any atom is -0.275 e. The third kappa shape index (κ3) is 2.96. The molecule has 4 nitrogen and oxygen atoms in total. The molecule has 1 amide bonds. The van der Waals surface area contributed by atoms with Crippen molar-refractivity contribution >= 4 is 39.2 Å². The first-order chi connectivity index (χ1) is 8.20. The Kier molecular flexibility index (Phi) is 3.98. The van der Waals surface area contributed by atoms with Crippen molar-refractivity contribution in [2.45, 2.75) is 4.34 Å². The van der Waals surface area contributed by atoms with Crippen LogP contribution >= 0.6 is 23.1 Å². The fourth-order valence-electron chi connectivity index (χ4n) is 1.23. The summed E-state index contributed by atoms with van der Waals surface area (Å²) in [6, 6.07) is 7.94. The van der Waals surface area contributed by atoms with Crippen LogP contribution in [0.5, 0.6) is 0 Å². The molecule has 0 atom stereocenters. The van der Waals surface area contributed by atoms with Crippen LogP contribution < -0.4 is 0 Å². The normalized spacial score (nSPS) is 10.7. The van der Waals surface area contributed by atoms with Gasteiger partial charge in [0.15, 0.2) is 4.34 Å². The molecule has 0 aliphatic heterocycles. The molecule has 0 saturated carbocycles. The second-order valence-electron chi connectivity index (χ2n) is 3.31. The zero-order valence-corrected chi connectivity index (χ0v) is 11.2. The number of hydrogen-bond donors (Lipinski definition) is 0. The van der Waals surface area contributed by atoms with Gasteiger partial charge in [0.05, 0.1) is 23.1 Å². The van der Waals surface area contributed by atoms with Gasteiger partial charge in [-0.05, 0) is 12.1 Å². The summed E-state index contributed by atoms with van der Waals surface area (Å²) in [6.45, 7) is 0. The average Bonchev–Trinajstić information content (AvgIpc) is 2.77. The summed E-state index contributed by atoms with van der Waals surface area (Å²) in [7, 11) is 3.07. The number of amides is 1. The number of benzene rings is 1. The minimum atomic E-state index is -0.0724. The van der Waals surface area contributed by atoms with E-state index < -0.39 is 0 Å². The lowest BCUT2D eigenvalue weighted by molar-refractivity contribution is -0.165. The Morgan fingerprint density at radius 2 is 2.29 bits per heavy atom. The highest BCUT2D eigenvalue weighted by molar-refractivity contribution is 8.01. The Labute approximate surface area is 108 Å². The van der Waals surface area contributed by atoms with E-state index in [1.807, 2.05) is 24.3 Å². The predicted octanol–water partition coefficient (Wildman–Crippen LogP) is 2.41. The van der Waals surface area contributed by atoms with E-state index in [0.717, 1.165) is 14.6 Å². The number of thioether (sulfide) groups is 1.